The third-order valence-electron chi connectivity index (χ3n) is 5.26. The second-order valence-corrected chi connectivity index (χ2v) is 6.42. The molecule has 0 spiro atoms. The minimum atomic E-state index is 0.718. The molecule has 0 amide bonds. The normalized spacial score (nSPS) is 23.2. The van der Waals surface area contributed by atoms with Gasteiger partial charge in [0.25, 0.3) is 0 Å². The van der Waals surface area contributed by atoms with Crippen LogP contribution >= 0.6 is 0 Å². The monoisotopic (exact) mass is 263 g/mol. The Kier molecular flexibility index (Phi) is 2.47. The molecule has 2 aliphatic rings. The van der Waals surface area contributed by atoms with Gasteiger partial charge in [0.1, 0.15) is 0 Å². The van der Waals surface area contributed by atoms with Crippen LogP contribution in [0.5, 0.6) is 0 Å². The molecule has 2 atom stereocenters. The summed E-state index contributed by atoms with van der Waals surface area (Å²) >= 11 is 0. The van der Waals surface area contributed by atoms with Gasteiger partial charge in [0.2, 0.25) is 0 Å². The molecule has 0 saturated carbocycles. The molecular formula is C19H21N. The number of rotatable bonds is 1. The molecule has 0 bridgehead atoms. The Morgan fingerprint density at radius 3 is 2.30 bits per heavy atom. The van der Waals surface area contributed by atoms with Crippen LogP contribution in [0.25, 0.3) is 0 Å². The molecule has 4 rings (SSSR count). The summed E-state index contributed by atoms with van der Waals surface area (Å²) in [6, 6.07) is 13.8. The summed E-state index contributed by atoms with van der Waals surface area (Å²) in [5.74, 6) is 1.46. The van der Waals surface area contributed by atoms with E-state index in [2.05, 4.69) is 62.1 Å². The van der Waals surface area contributed by atoms with E-state index in [1.807, 2.05) is 0 Å². The van der Waals surface area contributed by atoms with Crippen LogP contribution in [0, 0.1) is 6.92 Å². The van der Waals surface area contributed by atoms with Gasteiger partial charge < -0.3 is 4.90 Å². The predicted molar refractivity (Wildman–Crippen MR) is 85.2 cm³/mol. The fourth-order valence-electron chi connectivity index (χ4n) is 3.70. The van der Waals surface area contributed by atoms with Crippen molar-refractivity contribution in [3.8, 4) is 0 Å². The average Bonchev–Trinajstić information content (AvgIpc) is 2.89. The Labute approximate surface area is 121 Å². The van der Waals surface area contributed by atoms with Crippen molar-refractivity contribution in [2.45, 2.75) is 39.0 Å². The van der Waals surface area contributed by atoms with E-state index < -0.39 is 0 Å². The first-order valence-corrected chi connectivity index (χ1v) is 7.66. The van der Waals surface area contributed by atoms with Crippen molar-refractivity contribution in [2.75, 3.05) is 11.4 Å². The molecule has 2 unspecified atom stereocenters. The number of anilines is 2. The zero-order valence-electron chi connectivity index (χ0n) is 12.5. The van der Waals surface area contributed by atoms with Crippen molar-refractivity contribution in [1.82, 2.24) is 0 Å². The molecule has 1 aliphatic heterocycles. The molecule has 1 nitrogen and oxygen atoms in total. The maximum absolute atomic E-state index is 2.48. The van der Waals surface area contributed by atoms with Gasteiger partial charge in [-0.05, 0) is 60.1 Å². The first-order chi connectivity index (χ1) is 9.65. The number of aryl methyl sites for hydroxylation is 1. The number of hydrogen-bond acceptors (Lipinski definition) is 1. The summed E-state index contributed by atoms with van der Waals surface area (Å²) < 4.78 is 0. The Hall–Kier alpha value is -1.76. The lowest BCUT2D eigenvalue weighted by atomic mass is 9.69. The standard InChI is InChI=1S/C19H21N/c1-12-4-6-16(7-5-12)20-9-8-15-10-17-13(2)14(3)18(17)11-19(15)20/h4-7,10-11,13-14H,8-9H2,1-3H3. The zero-order valence-corrected chi connectivity index (χ0v) is 12.5. The van der Waals surface area contributed by atoms with E-state index in [1.165, 1.54) is 28.9 Å². The summed E-state index contributed by atoms with van der Waals surface area (Å²) in [6.07, 6.45) is 1.18. The summed E-state index contributed by atoms with van der Waals surface area (Å²) in [5, 5.41) is 0. The van der Waals surface area contributed by atoms with E-state index in [9.17, 15) is 0 Å². The van der Waals surface area contributed by atoms with Crippen molar-refractivity contribution in [1.29, 1.82) is 0 Å². The minimum Gasteiger partial charge on any atom is -0.341 e. The average molecular weight is 263 g/mol. The van der Waals surface area contributed by atoms with Crippen molar-refractivity contribution < 1.29 is 0 Å². The van der Waals surface area contributed by atoms with Gasteiger partial charge in [-0.15, -0.1) is 0 Å². The van der Waals surface area contributed by atoms with Crippen LogP contribution in [0.3, 0.4) is 0 Å². The first kappa shape index (κ1) is 12.0. The molecule has 0 saturated heterocycles. The Bertz CT molecular complexity index is 669. The fourth-order valence-corrected chi connectivity index (χ4v) is 3.70. The van der Waals surface area contributed by atoms with Crippen LogP contribution in [0.1, 0.15) is 47.9 Å². The van der Waals surface area contributed by atoms with Gasteiger partial charge in [-0.25, -0.2) is 0 Å². The molecule has 2 aromatic carbocycles. The molecule has 20 heavy (non-hydrogen) atoms. The van der Waals surface area contributed by atoms with Gasteiger partial charge in [0.15, 0.2) is 0 Å². The molecule has 0 N–H and O–H groups in total. The molecule has 1 aliphatic carbocycles. The second kappa shape index (κ2) is 4.12. The molecule has 102 valence electrons. The third kappa shape index (κ3) is 1.56. The highest BCUT2D eigenvalue weighted by molar-refractivity contribution is 5.73. The van der Waals surface area contributed by atoms with Crippen LogP contribution in [-0.4, -0.2) is 6.54 Å². The van der Waals surface area contributed by atoms with Crippen LogP contribution in [0.4, 0.5) is 11.4 Å². The van der Waals surface area contributed by atoms with E-state index in [4.69, 9.17) is 0 Å². The second-order valence-electron chi connectivity index (χ2n) is 6.42. The van der Waals surface area contributed by atoms with Gasteiger partial charge >= 0.3 is 0 Å². The molecule has 2 aromatic rings. The lowest BCUT2D eigenvalue weighted by molar-refractivity contribution is 0.542. The SMILES string of the molecule is Cc1ccc(N2CCc3cc4c(cc32)C(C)C4C)cc1. The van der Waals surface area contributed by atoms with Gasteiger partial charge in [0, 0.05) is 17.9 Å². The summed E-state index contributed by atoms with van der Waals surface area (Å²) in [4.78, 5) is 2.48. The molecule has 0 fully saturated rings. The topological polar surface area (TPSA) is 3.24 Å². The maximum Gasteiger partial charge on any atom is 0.0447 e. The highest BCUT2D eigenvalue weighted by Crippen LogP contribution is 2.50. The quantitative estimate of drug-likeness (QED) is 0.706. The summed E-state index contributed by atoms with van der Waals surface area (Å²) in [7, 11) is 0. The van der Waals surface area contributed by atoms with Gasteiger partial charge in [-0.1, -0.05) is 37.6 Å². The van der Waals surface area contributed by atoms with Crippen molar-refractivity contribution in [2.24, 2.45) is 0 Å². The van der Waals surface area contributed by atoms with E-state index >= 15 is 0 Å². The zero-order chi connectivity index (χ0) is 13.9. The lowest BCUT2D eigenvalue weighted by Gasteiger charge is -2.36. The van der Waals surface area contributed by atoms with Crippen molar-refractivity contribution >= 4 is 11.4 Å². The first-order valence-electron chi connectivity index (χ1n) is 7.66. The minimum absolute atomic E-state index is 0.718. The summed E-state index contributed by atoms with van der Waals surface area (Å²) in [6.45, 7) is 7.97. The Morgan fingerprint density at radius 1 is 0.950 bits per heavy atom. The number of fused-ring (bicyclic) bond motifs is 2. The predicted octanol–water partition coefficient (Wildman–Crippen LogP) is 4.91. The number of nitrogens with zero attached hydrogens (tertiary/aromatic N) is 1. The van der Waals surface area contributed by atoms with E-state index in [0.717, 1.165) is 18.4 Å². The van der Waals surface area contributed by atoms with E-state index in [0.29, 0.717) is 0 Å². The summed E-state index contributed by atoms with van der Waals surface area (Å²) in [5.41, 5.74) is 8.77. The smallest absolute Gasteiger partial charge is 0.0447 e. The highest BCUT2D eigenvalue weighted by atomic mass is 15.2. The highest BCUT2D eigenvalue weighted by Gasteiger charge is 2.33. The molecule has 0 radical (unpaired) electrons. The third-order valence-corrected chi connectivity index (χ3v) is 5.26. The Morgan fingerprint density at radius 2 is 1.60 bits per heavy atom. The van der Waals surface area contributed by atoms with Crippen LogP contribution in [0.15, 0.2) is 36.4 Å². The number of hydrogen-bond donors (Lipinski definition) is 0. The van der Waals surface area contributed by atoms with E-state index in [1.54, 1.807) is 11.1 Å². The Balaban J connectivity index is 1.77. The fraction of sp³-hybridized carbons (Fsp3) is 0.368. The molecule has 1 heteroatoms. The van der Waals surface area contributed by atoms with Gasteiger partial charge in [0.05, 0.1) is 0 Å². The lowest BCUT2D eigenvalue weighted by Crippen LogP contribution is -2.20. The van der Waals surface area contributed by atoms with Crippen LogP contribution in [-0.2, 0) is 6.42 Å². The van der Waals surface area contributed by atoms with Crippen LogP contribution < -0.4 is 4.90 Å². The molecular weight excluding hydrogens is 242 g/mol. The van der Waals surface area contributed by atoms with Gasteiger partial charge in [-0.2, -0.15) is 0 Å². The molecule has 1 heterocycles. The van der Waals surface area contributed by atoms with E-state index in [-0.39, 0.29) is 0 Å². The largest absolute Gasteiger partial charge is 0.341 e. The van der Waals surface area contributed by atoms with Crippen molar-refractivity contribution in [3.63, 3.8) is 0 Å². The van der Waals surface area contributed by atoms with Crippen molar-refractivity contribution in [3.05, 3.63) is 58.7 Å². The maximum atomic E-state index is 2.48. The number of benzene rings is 2. The molecule has 0 aromatic heterocycles. The van der Waals surface area contributed by atoms with Crippen LogP contribution in [0.2, 0.25) is 0 Å². The van der Waals surface area contributed by atoms with Gasteiger partial charge in [-0.3, -0.25) is 0 Å².